The summed E-state index contributed by atoms with van der Waals surface area (Å²) in [5.74, 6) is 0.808. The topological polar surface area (TPSA) is 59.8 Å². The lowest BCUT2D eigenvalue weighted by Crippen LogP contribution is -2.29. The molecule has 0 aliphatic heterocycles. The van der Waals surface area contributed by atoms with Crippen LogP contribution in [-0.2, 0) is 18.3 Å². The first-order valence-electron chi connectivity index (χ1n) is 5.30. The van der Waals surface area contributed by atoms with Crippen LogP contribution in [0.4, 0.5) is 0 Å². The summed E-state index contributed by atoms with van der Waals surface area (Å²) in [5, 5.41) is 4.78. The molecule has 1 N–H and O–H groups in total. The van der Waals surface area contributed by atoms with Crippen molar-refractivity contribution >= 4 is 17.2 Å². The van der Waals surface area contributed by atoms with Crippen LogP contribution in [0.3, 0.4) is 0 Å². The smallest absolute Gasteiger partial charge is 0.226 e. The molecule has 1 atom stereocenters. The normalized spacial score (nSPS) is 12.4. The Kier molecular flexibility index (Phi) is 3.53. The fourth-order valence-corrected chi connectivity index (χ4v) is 2.20. The van der Waals surface area contributed by atoms with Gasteiger partial charge in [0.2, 0.25) is 5.91 Å². The van der Waals surface area contributed by atoms with E-state index in [1.54, 1.807) is 11.7 Å². The van der Waals surface area contributed by atoms with E-state index in [1.807, 2.05) is 30.1 Å². The number of aromatic nitrogens is 3. The average molecular weight is 250 g/mol. The maximum Gasteiger partial charge on any atom is 0.226 e. The van der Waals surface area contributed by atoms with Crippen molar-refractivity contribution in [1.82, 2.24) is 19.9 Å². The molecule has 1 unspecified atom stereocenters. The van der Waals surface area contributed by atoms with E-state index in [0.29, 0.717) is 6.42 Å². The zero-order valence-electron chi connectivity index (χ0n) is 9.75. The van der Waals surface area contributed by atoms with E-state index < -0.39 is 0 Å². The second-order valence-corrected chi connectivity index (χ2v) is 4.56. The summed E-state index contributed by atoms with van der Waals surface area (Å²) in [6, 6.07) is -0.0962. The molecule has 0 aliphatic rings. The summed E-state index contributed by atoms with van der Waals surface area (Å²) in [5.41, 5.74) is 2.53. The Morgan fingerprint density at radius 3 is 3.00 bits per heavy atom. The van der Waals surface area contributed by atoms with Crippen LogP contribution in [0.5, 0.6) is 0 Å². The van der Waals surface area contributed by atoms with Crippen LogP contribution < -0.4 is 5.32 Å². The van der Waals surface area contributed by atoms with Crippen LogP contribution in [0.2, 0.25) is 0 Å². The van der Waals surface area contributed by atoms with Crippen LogP contribution in [-0.4, -0.2) is 20.4 Å². The second-order valence-electron chi connectivity index (χ2n) is 3.84. The molecule has 1 amide bonds. The van der Waals surface area contributed by atoms with Gasteiger partial charge in [0.15, 0.2) is 0 Å². The van der Waals surface area contributed by atoms with Gasteiger partial charge < -0.3 is 9.88 Å². The number of carbonyl (C=O) groups excluding carboxylic acids is 1. The highest BCUT2D eigenvalue weighted by atomic mass is 32.1. The molecule has 2 aromatic rings. The van der Waals surface area contributed by atoms with Gasteiger partial charge in [-0.05, 0) is 6.92 Å². The Bertz CT molecular complexity index is 491. The van der Waals surface area contributed by atoms with Crippen LogP contribution in [0.25, 0.3) is 0 Å². The summed E-state index contributed by atoms with van der Waals surface area (Å²) < 4.78 is 1.90. The lowest BCUT2D eigenvalue weighted by atomic mass is 10.2. The highest BCUT2D eigenvalue weighted by Crippen LogP contribution is 2.09. The molecule has 0 radical (unpaired) electrons. The third-order valence-corrected chi connectivity index (χ3v) is 3.08. The Morgan fingerprint density at radius 1 is 1.59 bits per heavy atom. The average Bonchev–Trinajstić information content (AvgIpc) is 2.88. The molecule has 6 heteroatoms. The summed E-state index contributed by atoms with van der Waals surface area (Å²) in [7, 11) is 1.91. The van der Waals surface area contributed by atoms with Crippen LogP contribution in [0.1, 0.15) is 24.5 Å². The van der Waals surface area contributed by atoms with Crippen LogP contribution >= 0.6 is 11.3 Å². The van der Waals surface area contributed by atoms with Crippen molar-refractivity contribution < 1.29 is 4.79 Å². The van der Waals surface area contributed by atoms with E-state index in [1.165, 1.54) is 11.3 Å². The molecule has 0 saturated heterocycles. The zero-order chi connectivity index (χ0) is 12.3. The number of nitrogens with one attached hydrogen (secondary N) is 1. The van der Waals surface area contributed by atoms with E-state index in [4.69, 9.17) is 0 Å². The molecule has 0 fully saturated rings. The van der Waals surface area contributed by atoms with Gasteiger partial charge in [0.1, 0.15) is 5.82 Å². The van der Waals surface area contributed by atoms with Crippen molar-refractivity contribution in [2.45, 2.75) is 19.4 Å². The molecule has 2 aromatic heterocycles. The molecule has 2 rings (SSSR count). The van der Waals surface area contributed by atoms with E-state index in [2.05, 4.69) is 15.3 Å². The monoisotopic (exact) mass is 250 g/mol. The summed E-state index contributed by atoms with van der Waals surface area (Å²) in [4.78, 5) is 20.0. The molecule has 0 bridgehead atoms. The van der Waals surface area contributed by atoms with Gasteiger partial charge in [-0.15, -0.1) is 11.3 Å². The number of rotatable bonds is 4. The van der Waals surface area contributed by atoms with E-state index >= 15 is 0 Å². The summed E-state index contributed by atoms with van der Waals surface area (Å²) >= 11 is 1.49. The fourth-order valence-electron chi connectivity index (χ4n) is 1.64. The van der Waals surface area contributed by atoms with Crippen molar-refractivity contribution in [1.29, 1.82) is 0 Å². The maximum atomic E-state index is 11.7. The Balaban J connectivity index is 1.93. The molecule has 90 valence electrons. The van der Waals surface area contributed by atoms with Gasteiger partial charge in [-0.3, -0.25) is 4.79 Å². The largest absolute Gasteiger partial charge is 0.346 e. The molecular weight excluding hydrogens is 236 g/mol. The molecule has 0 saturated carbocycles. The van der Waals surface area contributed by atoms with Crippen molar-refractivity contribution in [3.63, 3.8) is 0 Å². The van der Waals surface area contributed by atoms with Gasteiger partial charge in [0.05, 0.1) is 23.7 Å². The molecule has 0 aliphatic carbocycles. The van der Waals surface area contributed by atoms with Crippen LogP contribution in [0, 0.1) is 0 Å². The van der Waals surface area contributed by atoms with Crippen molar-refractivity contribution in [3.8, 4) is 0 Å². The molecule has 0 aromatic carbocycles. The van der Waals surface area contributed by atoms with Gasteiger partial charge in [-0.25, -0.2) is 9.97 Å². The van der Waals surface area contributed by atoms with Crippen molar-refractivity contribution in [2.24, 2.45) is 7.05 Å². The quantitative estimate of drug-likeness (QED) is 0.889. The maximum absolute atomic E-state index is 11.7. The van der Waals surface area contributed by atoms with Crippen molar-refractivity contribution in [3.05, 3.63) is 34.8 Å². The van der Waals surface area contributed by atoms with E-state index in [-0.39, 0.29) is 11.9 Å². The van der Waals surface area contributed by atoms with Crippen LogP contribution in [0.15, 0.2) is 23.3 Å². The fraction of sp³-hybridized carbons (Fsp3) is 0.364. The first-order valence-corrected chi connectivity index (χ1v) is 6.24. The third-order valence-electron chi connectivity index (χ3n) is 2.45. The number of hydrogen-bond acceptors (Lipinski definition) is 4. The lowest BCUT2D eigenvalue weighted by Gasteiger charge is -2.13. The highest BCUT2D eigenvalue weighted by molar-refractivity contribution is 7.07. The van der Waals surface area contributed by atoms with E-state index in [9.17, 15) is 4.79 Å². The number of imidazole rings is 1. The molecule has 17 heavy (non-hydrogen) atoms. The Morgan fingerprint density at radius 2 is 2.41 bits per heavy atom. The predicted octanol–water partition coefficient (Wildman–Crippen LogP) is 1.30. The van der Waals surface area contributed by atoms with Gasteiger partial charge in [-0.1, -0.05) is 0 Å². The number of thiazole rings is 1. The minimum atomic E-state index is -0.0962. The molecular formula is C11H14N4OS. The number of aryl methyl sites for hydroxylation is 1. The van der Waals surface area contributed by atoms with Gasteiger partial charge in [-0.2, -0.15) is 0 Å². The minimum absolute atomic E-state index is 0.0357. The number of hydrogen-bond donors (Lipinski definition) is 1. The predicted molar refractivity (Wildman–Crippen MR) is 65.6 cm³/mol. The third kappa shape index (κ3) is 2.91. The Hall–Kier alpha value is -1.69. The van der Waals surface area contributed by atoms with Gasteiger partial charge in [0, 0.05) is 24.8 Å². The molecule has 0 spiro atoms. The minimum Gasteiger partial charge on any atom is -0.346 e. The zero-order valence-corrected chi connectivity index (χ0v) is 10.6. The van der Waals surface area contributed by atoms with Crippen molar-refractivity contribution in [2.75, 3.05) is 0 Å². The summed E-state index contributed by atoms with van der Waals surface area (Å²) in [6.45, 7) is 1.92. The first-order chi connectivity index (χ1) is 8.16. The number of carbonyl (C=O) groups is 1. The highest BCUT2D eigenvalue weighted by Gasteiger charge is 2.13. The standard InChI is InChI=1S/C11H14N4OS/c1-8(11-12-3-4-15(11)2)14-10(16)5-9-6-17-7-13-9/h3-4,6-8H,5H2,1-2H3,(H,14,16). The lowest BCUT2D eigenvalue weighted by molar-refractivity contribution is -0.121. The molecule has 2 heterocycles. The van der Waals surface area contributed by atoms with E-state index in [0.717, 1.165) is 11.5 Å². The summed E-state index contributed by atoms with van der Waals surface area (Å²) in [6.07, 6.45) is 3.90. The molecule has 5 nitrogen and oxygen atoms in total. The SMILES string of the molecule is CC(NC(=O)Cc1cscn1)c1nccn1C. The number of nitrogens with zero attached hydrogens (tertiary/aromatic N) is 3. The Labute approximate surface area is 104 Å². The van der Waals surface area contributed by atoms with Gasteiger partial charge >= 0.3 is 0 Å². The van der Waals surface area contributed by atoms with Gasteiger partial charge in [0.25, 0.3) is 0 Å². The number of amides is 1. The second kappa shape index (κ2) is 5.09. The first kappa shape index (κ1) is 11.8.